The Labute approximate surface area is 116 Å². The molecule has 0 aromatic carbocycles. The van der Waals surface area contributed by atoms with Crippen LogP contribution in [0.25, 0.3) is 0 Å². The van der Waals surface area contributed by atoms with Crippen LogP contribution in [0.2, 0.25) is 0 Å². The van der Waals surface area contributed by atoms with Gasteiger partial charge in [0, 0.05) is 18.4 Å². The maximum absolute atomic E-state index is 12.5. The fourth-order valence-corrected chi connectivity index (χ4v) is 4.97. The van der Waals surface area contributed by atoms with Gasteiger partial charge in [0.2, 0.25) is 10.0 Å². The molecular weight excluding hydrogens is 318 g/mol. The van der Waals surface area contributed by atoms with E-state index in [0.717, 1.165) is 18.2 Å². The van der Waals surface area contributed by atoms with Gasteiger partial charge in [0.05, 0.1) is 11.4 Å². The van der Waals surface area contributed by atoms with Gasteiger partial charge in [-0.2, -0.15) is 9.40 Å². The smallest absolute Gasteiger partial charge is 0.246 e. The van der Waals surface area contributed by atoms with Gasteiger partial charge >= 0.3 is 0 Å². The van der Waals surface area contributed by atoms with Gasteiger partial charge in [0.25, 0.3) is 0 Å². The van der Waals surface area contributed by atoms with Crippen LogP contribution in [0.1, 0.15) is 24.2 Å². The summed E-state index contributed by atoms with van der Waals surface area (Å²) in [6.45, 7) is 4.71. The Balaban J connectivity index is 2.23. The van der Waals surface area contributed by atoms with E-state index in [1.54, 1.807) is 18.2 Å². The van der Waals surface area contributed by atoms with E-state index in [1.807, 2.05) is 0 Å². The molecule has 5 nitrogen and oxygen atoms in total. The molecule has 1 atom stereocenters. The van der Waals surface area contributed by atoms with Gasteiger partial charge in [0.1, 0.15) is 4.90 Å². The van der Waals surface area contributed by atoms with Crippen molar-refractivity contribution in [3.8, 4) is 0 Å². The Morgan fingerprint density at radius 3 is 2.78 bits per heavy atom. The molecule has 0 bridgehead atoms. The first-order chi connectivity index (χ1) is 8.46. The summed E-state index contributed by atoms with van der Waals surface area (Å²) in [4.78, 5) is 0.349. The Kier molecular flexibility index (Phi) is 4.13. The van der Waals surface area contributed by atoms with Gasteiger partial charge in [-0.05, 0) is 32.6 Å². The third kappa shape index (κ3) is 2.48. The Morgan fingerprint density at radius 1 is 1.50 bits per heavy atom. The van der Waals surface area contributed by atoms with Gasteiger partial charge in [-0.3, -0.25) is 5.10 Å². The largest absolute Gasteiger partial charge is 0.281 e. The fraction of sp³-hybridized carbons (Fsp3) is 0.727. The van der Waals surface area contributed by atoms with Crippen LogP contribution in [0, 0.1) is 19.8 Å². The van der Waals surface area contributed by atoms with Crippen LogP contribution in [0.4, 0.5) is 0 Å². The number of nitrogens with one attached hydrogen (secondary N) is 1. The molecule has 2 rings (SSSR count). The molecule has 2 heterocycles. The number of hydrogen-bond donors (Lipinski definition) is 1. The van der Waals surface area contributed by atoms with Gasteiger partial charge in [-0.1, -0.05) is 15.9 Å². The van der Waals surface area contributed by atoms with Crippen molar-refractivity contribution in [1.29, 1.82) is 0 Å². The topological polar surface area (TPSA) is 66.1 Å². The second kappa shape index (κ2) is 5.30. The summed E-state index contributed by atoms with van der Waals surface area (Å²) in [6.07, 6.45) is 1.97. The lowest BCUT2D eigenvalue weighted by Crippen LogP contribution is -2.29. The number of sulfonamides is 1. The number of H-pyrrole nitrogens is 1. The molecular formula is C11H18BrN3O2S. The van der Waals surface area contributed by atoms with Crippen molar-refractivity contribution in [3.05, 3.63) is 11.4 Å². The Bertz CT molecular complexity index is 507. The van der Waals surface area contributed by atoms with Gasteiger partial charge in [-0.15, -0.1) is 0 Å². The lowest BCUT2D eigenvalue weighted by Gasteiger charge is -2.16. The van der Waals surface area contributed by atoms with Crippen molar-refractivity contribution in [2.75, 3.05) is 18.4 Å². The van der Waals surface area contributed by atoms with E-state index in [4.69, 9.17) is 0 Å². The lowest BCUT2D eigenvalue weighted by atomic mass is 10.1. The van der Waals surface area contributed by atoms with Crippen molar-refractivity contribution >= 4 is 26.0 Å². The molecule has 0 radical (unpaired) electrons. The third-order valence-electron chi connectivity index (χ3n) is 3.42. The van der Waals surface area contributed by atoms with Gasteiger partial charge in [-0.25, -0.2) is 8.42 Å². The van der Waals surface area contributed by atoms with E-state index in [0.29, 0.717) is 35.3 Å². The first kappa shape index (κ1) is 14.0. The molecule has 7 heteroatoms. The van der Waals surface area contributed by atoms with Crippen LogP contribution >= 0.6 is 15.9 Å². The summed E-state index contributed by atoms with van der Waals surface area (Å²) in [5.74, 6) is 0.465. The lowest BCUT2D eigenvalue weighted by molar-refractivity contribution is 0.453. The first-order valence-electron chi connectivity index (χ1n) is 6.04. The molecule has 1 aromatic rings. The highest BCUT2D eigenvalue weighted by Crippen LogP contribution is 2.28. The van der Waals surface area contributed by atoms with Crippen molar-refractivity contribution in [2.24, 2.45) is 5.92 Å². The Morgan fingerprint density at radius 2 is 2.22 bits per heavy atom. The SMILES string of the molecule is Cc1n[nH]c(C)c1S(=O)(=O)N1CCC(CCBr)C1. The summed E-state index contributed by atoms with van der Waals surface area (Å²) >= 11 is 3.41. The zero-order chi connectivity index (χ0) is 13.3. The maximum Gasteiger partial charge on any atom is 0.246 e. The number of nitrogens with zero attached hydrogens (tertiary/aromatic N) is 2. The summed E-state index contributed by atoms with van der Waals surface area (Å²) in [7, 11) is -3.38. The van der Waals surface area contributed by atoms with Gasteiger partial charge < -0.3 is 0 Å². The molecule has 1 aromatic heterocycles. The number of aromatic nitrogens is 2. The van der Waals surface area contributed by atoms with Crippen LogP contribution in [0.5, 0.6) is 0 Å². The molecule has 1 N–H and O–H groups in total. The van der Waals surface area contributed by atoms with Crippen LogP contribution in [-0.4, -0.2) is 41.3 Å². The van der Waals surface area contributed by atoms with E-state index in [2.05, 4.69) is 26.1 Å². The summed E-state index contributed by atoms with van der Waals surface area (Å²) in [5, 5.41) is 7.64. The molecule has 1 saturated heterocycles. The zero-order valence-electron chi connectivity index (χ0n) is 10.6. The summed E-state index contributed by atoms with van der Waals surface area (Å²) in [6, 6.07) is 0. The molecule has 0 aliphatic carbocycles. The molecule has 1 aliphatic rings. The molecule has 0 spiro atoms. The first-order valence-corrected chi connectivity index (χ1v) is 8.60. The Hall–Kier alpha value is -0.400. The van der Waals surface area contributed by atoms with E-state index < -0.39 is 10.0 Å². The molecule has 0 amide bonds. The minimum atomic E-state index is -3.38. The van der Waals surface area contributed by atoms with E-state index in [1.165, 1.54) is 0 Å². The number of aryl methyl sites for hydroxylation is 2. The number of halogens is 1. The summed E-state index contributed by atoms with van der Waals surface area (Å²) < 4.78 is 26.7. The number of hydrogen-bond acceptors (Lipinski definition) is 3. The quantitative estimate of drug-likeness (QED) is 0.853. The fourth-order valence-electron chi connectivity index (χ4n) is 2.46. The van der Waals surface area contributed by atoms with Crippen molar-refractivity contribution in [3.63, 3.8) is 0 Å². The standard InChI is InChI=1S/C11H18BrN3O2S/c1-8-11(9(2)14-13-8)18(16,17)15-6-4-10(7-15)3-5-12/h10H,3-7H2,1-2H3,(H,13,14). The molecule has 1 fully saturated rings. The highest BCUT2D eigenvalue weighted by atomic mass is 79.9. The third-order valence-corrected chi connectivity index (χ3v) is 6.01. The average molecular weight is 336 g/mol. The normalized spacial score (nSPS) is 21.6. The zero-order valence-corrected chi connectivity index (χ0v) is 13.0. The average Bonchev–Trinajstić information content (AvgIpc) is 2.87. The van der Waals surface area contributed by atoms with Crippen LogP contribution in [0.15, 0.2) is 4.90 Å². The van der Waals surface area contributed by atoms with E-state index in [-0.39, 0.29) is 0 Å². The minimum absolute atomic E-state index is 0.349. The van der Waals surface area contributed by atoms with Crippen molar-refractivity contribution in [1.82, 2.24) is 14.5 Å². The number of rotatable bonds is 4. The van der Waals surface area contributed by atoms with E-state index in [9.17, 15) is 8.42 Å². The molecule has 1 aliphatic heterocycles. The van der Waals surface area contributed by atoms with Crippen molar-refractivity contribution in [2.45, 2.75) is 31.6 Å². The molecule has 102 valence electrons. The van der Waals surface area contributed by atoms with Crippen LogP contribution in [-0.2, 0) is 10.0 Å². The highest BCUT2D eigenvalue weighted by Gasteiger charge is 2.34. The van der Waals surface area contributed by atoms with Crippen LogP contribution in [0.3, 0.4) is 0 Å². The maximum atomic E-state index is 12.5. The summed E-state index contributed by atoms with van der Waals surface area (Å²) in [5.41, 5.74) is 1.17. The van der Waals surface area contributed by atoms with Crippen LogP contribution < -0.4 is 0 Å². The van der Waals surface area contributed by atoms with Crippen molar-refractivity contribution < 1.29 is 8.42 Å². The number of alkyl halides is 1. The molecule has 0 saturated carbocycles. The van der Waals surface area contributed by atoms with Gasteiger partial charge in [0.15, 0.2) is 0 Å². The predicted molar refractivity (Wildman–Crippen MR) is 73.3 cm³/mol. The molecule has 1 unspecified atom stereocenters. The predicted octanol–water partition coefficient (Wildman–Crippen LogP) is 1.82. The minimum Gasteiger partial charge on any atom is -0.281 e. The molecule has 18 heavy (non-hydrogen) atoms. The second-order valence-corrected chi connectivity index (χ2v) is 7.43. The highest BCUT2D eigenvalue weighted by molar-refractivity contribution is 9.09. The van der Waals surface area contributed by atoms with E-state index >= 15 is 0 Å². The second-order valence-electron chi connectivity index (χ2n) is 4.76. The monoisotopic (exact) mass is 335 g/mol. The number of aromatic amines is 1.